The van der Waals surface area contributed by atoms with E-state index in [1.54, 1.807) is 13.8 Å². The smallest absolute Gasteiger partial charge is 0.416 e. The Kier molecular flexibility index (Phi) is 7.77. The summed E-state index contributed by atoms with van der Waals surface area (Å²) in [5.74, 6) is 0.612. The van der Waals surface area contributed by atoms with Crippen molar-refractivity contribution in [1.82, 2.24) is 5.32 Å². The van der Waals surface area contributed by atoms with E-state index in [9.17, 15) is 22.8 Å². The van der Waals surface area contributed by atoms with E-state index in [1.165, 1.54) is 0 Å². The second-order valence-electron chi connectivity index (χ2n) is 5.65. The Bertz CT molecular complexity index is 699. The molecule has 1 amide bonds. The normalized spacial score (nSPS) is 12.2. The van der Waals surface area contributed by atoms with E-state index in [4.69, 9.17) is 22.8 Å². The zero-order chi connectivity index (χ0) is 19.9. The number of halogens is 4. The van der Waals surface area contributed by atoms with Gasteiger partial charge in [0.25, 0.3) is 5.91 Å². The molecule has 0 aliphatic rings. The molecule has 1 atom stereocenters. The Morgan fingerprint density at radius 3 is 2.50 bits per heavy atom. The number of carbonyl (C=O) groups is 2. The van der Waals surface area contributed by atoms with Crippen LogP contribution in [0.5, 0.6) is 0 Å². The lowest BCUT2D eigenvalue weighted by atomic mass is 10.0. The van der Waals surface area contributed by atoms with Gasteiger partial charge < -0.3 is 15.4 Å². The molecule has 0 aliphatic heterocycles. The largest absolute Gasteiger partial charge is 0.454 e. The average molecular weight is 391 g/mol. The molecule has 9 heteroatoms. The summed E-state index contributed by atoms with van der Waals surface area (Å²) in [6.07, 6.45) is 0.469. The topological polar surface area (TPSA) is 67.4 Å². The van der Waals surface area contributed by atoms with Gasteiger partial charge in [-0.05, 0) is 24.1 Å². The third-order valence-corrected chi connectivity index (χ3v) is 3.57. The van der Waals surface area contributed by atoms with Crippen molar-refractivity contribution in [3.8, 4) is 12.3 Å². The first-order valence-electron chi connectivity index (χ1n) is 7.56. The van der Waals surface area contributed by atoms with E-state index >= 15 is 0 Å². The molecule has 0 bridgehead atoms. The highest BCUT2D eigenvalue weighted by Gasteiger charge is 2.31. The molecule has 5 nitrogen and oxygen atoms in total. The lowest BCUT2D eigenvalue weighted by molar-refractivity contribution is -0.150. The molecule has 0 spiro atoms. The van der Waals surface area contributed by atoms with Crippen molar-refractivity contribution < 1.29 is 27.5 Å². The van der Waals surface area contributed by atoms with Gasteiger partial charge in [-0.3, -0.25) is 4.79 Å². The fourth-order valence-corrected chi connectivity index (χ4v) is 2.14. The van der Waals surface area contributed by atoms with E-state index in [0.717, 1.165) is 18.2 Å². The first-order valence-corrected chi connectivity index (χ1v) is 7.94. The fourth-order valence-electron chi connectivity index (χ4n) is 1.90. The number of carbonyl (C=O) groups excluding carboxylic acids is 2. The van der Waals surface area contributed by atoms with Crippen molar-refractivity contribution in [1.29, 1.82) is 0 Å². The molecule has 0 radical (unpaired) electrons. The van der Waals surface area contributed by atoms with Crippen LogP contribution >= 0.6 is 11.6 Å². The Morgan fingerprint density at radius 2 is 2.00 bits per heavy atom. The first kappa shape index (κ1) is 21.6. The van der Waals surface area contributed by atoms with Crippen molar-refractivity contribution in [3.63, 3.8) is 0 Å². The van der Waals surface area contributed by atoms with Crippen LogP contribution in [-0.4, -0.2) is 31.1 Å². The predicted molar refractivity (Wildman–Crippen MR) is 91.5 cm³/mol. The molecule has 0 unspecified atom stereocenters. The predicted octanol–water partition coefficient (Wildman–Crippen LogP) is 3.09. The van der Waals surface area contributed by atoms with Gasteiger partial charge in [-0.1, -0.05) is 31.4 Å². The Balaban J connectivity index is 2.81. The molecule has 142 valence electrons. The minimum atomic E-state index is -4.52. The highest BCUT2D eigenvalue weighted by Crippen LogP contribution is 2.34. The second kappa shape index (κ2) is 9.34. The highest BCUT2D eigenvalue weighted by atomic mass is 35.5. The Hall–Kier alpha value is -2.40. The fraction of sp³-hybridized carbons (Fsp3) is 0.412. The SMILES string of the molecule is C#CCNC(=O)COC(=O)[C@@H](Nc1ccc(C(F)(F)F)cc1Cl)C(C)C. The van der Waals surface area contributed by atoms with Gasteiger partial charge in [0.15, 0.2) is 6.61 Å². The van der Waals surface area contributed by atoms with Crippen molar-refractivity contribution in [2.45, 2.75) is 26.1 Å². The number of benzene rings is 1. The number of hydrogen-bond donors (Lipinski definition) is 2. The molecular weight excluding hydrogens is 373 g/mol. The van der Waals surface area contributed by atoms with Gasteiger partial charge in [-0.2, -0.15) is 13.2 Å². The number of hydrogen-bond acceptors (Lipinski definition) is 4. The van der Waals surface area contributed by atoms with Crippen molar-refractivity contribution >= 4 is 29.2 Å². The molecule has 1 aromatic rings. The van der Waals surface area contributed by atoms with E-state index < -0.39 is 36.3 Å². The molecule has 26 heavy (non-hydrogen) atoms. The third-order valence-electron chi connectivity index (χ3n) is 3.26. The van der Waals surface area contributed by atoms with Crippen LogP contribution in [0, 0.1) is 18.3 Å². The molecule has 1 rings (SSSR count). The molecule has 0 heterocycles. The lowest BCUT2D eigenvalue weighted by Crippen LogP contribution is -2.38. The van der Waals surface area contributed by atoms with Crippen molar-refractivity contribution in [2.75, 3.05) is 18.5 Å². The van der Waals surface area contributed by atoms with Crippen LogP contribution < -0.4 is 10.6 Å². The van der Waals surface area contributed by atoms with E-state index in [-0.39, 0.29) is 23.2 Å². The number of amides is 1. The van der Waals surface area contributed by atoms with Crippen molar-refractivity contribution in [2.24, 2.45) is 5.92 Å². The van der Waals surface area contributed by atoms with Crippen LogP contribution in [-0.2, 0) is 20.5 Å². The Labute approximate surface area is 154 Å². The molecule has 2 N–H and O–H groups in total. The van der Waals surface area contributed by atoms with Gasteiger partial charge in [-0.15, -0.1) is 6.42 Å². The van der Waals surface area contributed by atoms with Crippen LogP contribution in [0.15, 0.2) is 18.2 Å². The van der Waals surface area contributed by atoms with E-state index in [0.29, 0.717) is 0 Å². The zero-order valence-electron chi connectivity index (χ0n) is 14.1. The maximum absolute atomic E-state index is 12.7. The summed E-state index contributed by atoms with van der Waals surface area (Å²) in [6, 6.07) is 1.84. The van der Waals surface area contributed by atoms with Crippen molar-refractivity contribution in [3.05, 3.63) is 28.8 Å². The zero-order valence-corrected chi connectivity index (χ0v) is 14.9. The number of esters is 1. The minimum absolute atomic E-state index is 0.00338. The molecular formula is C17H18ClF3N2O3. The van der Waals surface area contributed by atoms with E-state index in [1.807, 2.05) is 0 Å². The number of terminal acetylenes is 1. The molecule has 0 fully saturated rings. The van der Waals surface area contributed by atoms with Gasteiger partial charge in [0.1, 0.15) is 6.04 Å². The van der Waals surface area contributed by atoms with E-state index in [2.05, 4.69) is 16.6 Å². The number of nitrogens with one attached hydrogen (secondary N) is 2. The summed E-state index contributed by atoms with van der Waals surface area (Å²) >= 11 is 5.88. The van der Waals surface area contributed by atoms with Gasteiger partial charge in [0.05, 0.1) is 22.8 Å². The highest BCUT2D eigenvalue weighted by molar-refractivity contribution is 6.33. The quantitative estimate of drug-likeness (QED) is 0.554. The summed E-state index contributed by atoms with van der Waals surface area (Å²) in [6.45, 7) is 2.89. The maximum Gasteiger partial charge on any atom is 0.416 e. The number of alkyl halides is 3. The first-order chi connectivity index (χ1) is 12.1. The standard InChI is InChI=1S/C17H18ClF3N2O3/c1-4-7-22-14(24)9-26-16(25)15(10(2)3)23-13-6-5-11(8-12(13)18)17(19,20)21/h1,5-6,8,10,15,23H,7,9H2,2-3H3,(H,22,24)/t15-/m0/s1. The van der Waals surface area contributed by atoms with Crippen LogP contribution in [0.2, 0.25) is 5.02 Å². The number of rotatable bonds is 7. The molecule has 0 aliphatic carbocycles. The van der Waals surface area contributed by atoms with Gasteiger partial charge >= 0.3 is 12.1 Å². The second-order valence-corrected chi connectivity index (χ2v) is 6.05. The number of anilines is 1. The molecule has 0 aromatic heterocycles. The van der Waals surface area contributed by atoms with Crippen LogP contribution in [0.25, 0.3) is 0 Å². The van der Waals surface area contributed by atoms with Crippen LogP contribution in [0.3, 0.4) is 0 Å². The summed E-state index contributed by atoms with van der Waals surface area (Å²) < 4.78 is 42.9. The van der Waals surface area contributed by atoms with Gasteiger partial charge in [0, 0.05) is 0 Å². The summed E-state index contributed by atoms with van der Waals surface area (Å²) in [5, 5.41) is 4.90. The van der Waals surface area contributed by atoms with Crippen LogP contribution in [0.1, 0.15) is 19.4 Å². The average Bonchev–Trinajstić information content (AvgIpc) is 2.55. The van der Waals surface area contributed by atoms with Gasteiger partial charge in [-0.25, -0.2) is 4.79 Å². The molecule has 0 saturated heterocycles. The summed E-state index contributed by atoms with van der Waals surface area (Å²) in [4.78, 5) is 23.6. The third kappa shape index (κ3) is 6.48. The maximum atomic E-state index is 12.7. The minimum Gasteiger partial charge on any atom is -0.454 e. The molecule has 0 saturated carbocycles. The summed E-state index contributed by atoms with van der Waals surface area (Å²) in [7, 11) is 0. The number of ether oxygens (including phenoxy) is 1. The summed E-state index contributed by atoms with van der Waals surface area (Å²) in [5.41, 5.74) is -0.756. The Morgan fingerprint density at radius 1 is 1.35 bits per heavy atom. The monoisotopic (exact) mass is 390 g/mol. The molecule has 1 aromatic carbocycles. The van der Waals surface area contributed by atoms with Gasteiger partial charge in [0.2, 0.25) is 0 Å². The van der Waals surface area contributed by atoms with Crippen LogP contribution in [0.4, 0.5) is 18.9 Å². The lowest BCUT2D eigenvalue weighted by Gasteiger charge is -2.22.